The molecule has 3 aromatic carbocycles. The van der Waals surface area contributed by atoms with E-state index in [2.05, 4.69) is 56.3 Å². The van der Waals surface area contributed by atoms with Gasteiger partial charge in [-0.3, -0.25) is 9.59 Å². The van der Waals surface area contributed by atoms with Gasteiger partial charge in [0.2, 0.25) is 5.91 Å². The van der Waals surface area contributed by atoms with Gasteiger partial charge < -0.3 is 14.7 Å². The highest BCUT2D eigenvalue weighted by Crippen LogP contribution is 2.71. The Bertz CT molecular complexity index is 1460. The first-order valence-electron chi connectivity index (χ1n) is 13.3. The minimum atomic E-state index is -1.08. The fraction of sp³-hybridized carbons (Fsp3) is 0.333. The summed E-state index contributed by atoms with van der Waals surface area (Å²) in [7, 11) is 1.61. The average Bonchev–Trinajstić information content (AvgIpc) is 3.38. The zero-order valence-electron chi connectivity index (χ0n) is 22.1. The number of nitrogens with zero attached hydrogens (tertiary/aromatic N) is 1. The van der Waals surface area contributed by atoms with Crippen LogP contribution in [0.1, 0.15) is 47.6 Å². The number of methoxy groups -OCH3 is 1. The molecule has 38 heavy (non-hydrogen) atoms. The lowest BCUT2D eigenvalue weighted by Crippen LogP contribution is -2.67. The minimum Gasteiger partial charge on any atom is -0.496 e. The van der Waals surface area contributed by atoms with Gasteiger partial charge in [0, 0.05) is 41.5 Å². The van der Waals surface area contributed by atoms with E-state index in [0.29, 0.717) is 12.3 Å². The van der Waals surface area contributed by atoms with Crippen LogP contribution in [0.3, 0.4) is 0 Å². The molecule has 7 rings (SSSR count). The lowest BCUT2D eigenvalue weighted by Gasteiger charge is -2.64. The Morgan fingerprint density at radius 2 is 1.66 bits per heavy atom. The number of ether oxygens (including phenoxy) is 1. The zero-order chi connectivity index (χ0) is 26.7. The Labute approximate surface area is 223 Å². The third kappa shape index (κ3) is 3.11. The van der Waals surface area contributed by atoms with Crippen molar-refractivity contribution in [2.75, 3.05) is 20.2 Å². The van der Waals surface area contributed by atoms with Gasteiger partial charge in [0.15, 0.2) is 0 Å². The molecule has 1 aliphatic heterocycles. The SMILES string of the molecule is COc1ccccc1/C=C/C(=O)N1CC2[C@@]3(c4ccc(C)cc4)CC[C@](C)(c4ccccc43)[C@@]2(C(=O)O)C1. The number of para-hydroxylation sites is 1. The van der Waals surface area contributed by atoms with Gasteiger partial charge in [-0.05, 0) is 48.6 Å². The van der Waals surface area contributed by atoms with E-state index in [0.717, 1.165) is 29.5 Å². The number of amides is 1. The molecule has 4 aliphatic rings. The molecular weight excluding hydrogens is 474 g/mol. The average molecular weight is 508 g/mol. The van der Waals surface area contributed by atoms with Gasteiger partial charge in [0.05, 0.1) is 7.11 Å². The normalized spacial score (nSPS) is 29.2. The van der Waals surface area contributed by atoms with Crippen LogP contribution in [0, 0.1) is 18.3 Å². The molecule has 1 heterocycles. The first-order valence-corrected chi connectivity index (χ1v) is 13.3. The number of hydrogen-bond acceptors (Lipinski definition) is 3. The number of aryl methyl sites for hydroxylation is 1. The smallest absolute Gasteiger partial charge is 0.312 e. The van der Waals surface area contributed by atoms with Crippen LogP contribution in [0.25, 0.3) is 6.08 Å². The van der Waals surface area contributed by atoms with E-state index in [-0.39, 0.29) is 18.4 Å². The van der Waals surface area contributed by atoms with E-state index in [9.17, 15) is 14.7 Å². The zero-order valence-corrected chi connectivity index (χ0v) is 22.1. The summed E-state index contributed by atoms with van der Waals surface area (Å²) in [6.45, 7) is 4.78. The van der Waals surface area contributed by atoms with Gasteiger partial charge in [-0.15, -0.1) is 0 Å². The lowest BCUT2D eigenvalue weighted by molar-refractivity contribution is -0.164. The van der Waals surface area contributed by atoms with Crippen molar-refractivity contribution < 1.29 is 19.4 Å². The molecule has 1 amide bonds. The number of benzene rings is 3. The molecule has 1 N–H and O–H groups in total. The van der Waals surface area contributed by atoms with Crippen molar-refractivity contribution in [2.45, 2.75) is 37.5 Å². The first-order chi connectivity index (χ1) is 18.3. The van der Waals surface area contributed by atoms with Gasteiger partial charge in [-0.2, -0.15) is 0 Å². The van der Waals surface area contributed by atoms with Crippen molar-refractivity contribution in [2.24, 2.45) is 11.3 Å². The first kappa shape index (κ1) is 24.5. The topological polar surface area (TPSA) is 66.8 Å². The number of hydrogen-bond donors (Lipinski definition) is 1. The predicted molar refractivity (Wildman–Crippen MR) is 147 cm³/mol. The molecule has 4 atom stereocenters. The molecule has 1 unspecified atom stereocenters. The van der Waals surface area contributed by atoms with E-state index in [1.165, 1.54) is 11.1 Å². The van der Waals surface area contributed by atoms with Crippen LogP contribution in [0.2, 0.25) is 0 Å². The molecule has 0 aromatic heterocycles. The Hall–Kier alpha value is -3.86. The van der Waals surface area contributed by atoms with Crippen molar-refractivity contribution in [3.8, 4) is 5.75 Å². The van der Waals surface area contributed by atoms with Crippen molar-refractivity contribution in [3.63, 3.8) is 0 Å². The molecule has 1 saturated heterocycles. The van der Waals surface area contributed by atoms with Crippen LogP contribution in [-0.4, -0.2) is 42.1 Å². The number of rotatable bonds is 5. The van der Waals surface area contributed by atoms with Crippen molar-refractivity contribution in [1.82, 2.24) is 4.90 Å². The maximum Gasteiger partial charge on any atom is 0.312 e. The number of carboxylic acids is 1. The second kappa shape index (κ2) is 8.59. The number of fused-ring (bicyclic) bond motifs is 1. The maximum atomic E-state index is 13.6. The summed E-state index contributed by atoms with van der Waals surface area (Å²) in [5, 5.41) is 11.0. The van der Waals surface area contributed by atoms with Crippen LogP contribution in [0.15, 0.2) is 78.9 Å². The van der Waals surface area contributed by atoms with Gasteiger partial charge in [0.25, 0.3) is 0 Å². The van der Waals surface area contributed by atoms with Gasteiger partial charge in [-0.25, -0.2) is 0 Å². The van der Waals surface area contributed by atoms with Gasteiger partial charge in [0.1, 0.15) is 11.2 Å². The monoisotopic (exact) mass is 507 g/mol. The molecule has 2 bridgehead atoms. The Morgan fingerprint density at radius 3 is 2.37 bits per heavy atom. The highest BCUT2D eigenvalue weighted by molar-refractivity contribution is 5.94. The molecule has 5 nitrogen and oxygen atoms in total. The van der Waals surface area contributed by atoms with E-state index in [1.807, 2.05) is 30.3 Å². The van der Waals surface area contributed by atoms with E-state index in [4.69, 9.17) is 4.74 Å². The number of carboxylic acid groups (broad SMARTS) is 1. The summed E-state index contributed by atoms with van der Waals surface area (Å²) < 4.78 is 5.43. The summed E-state index contributed by atoms with van der Waals surface area (Å²) in [6, 6.07) is 24.5. The number of likely N-dealkylation sites (tertiary alicyclic amines) is 1. The highest BCUT2D eigenvalue weighted by atomic mass is 16.5. The molecule has 2 fully saturated rings. The maximum absolute atomic E-state index is 13.6. The summed E-state index contributed by atoms with van der Waals surface area (Å²) in [5.41, 5.74) is 3.33. The molecule has 5 heteroatoms. The molecular formula is C33H33NO4. The molecule has 1 saturated carbocycles. The fourth-order valence-electron chi connectivity index (χ4n) is 7.93. The summed E-state index contributed by atoms with van der Waals surface area (Å²) >= 11 is 0. The van der Waals surface area contributed by atoms with Crippen molar-refractivity contribution >= 4 is 18.0 Å². The summed E-state index contributed by atoms with van der Waals surface area (Å²) in [4.78, 5) is 28.8. The number of carbonyl (C=O) groups is 2. The Kier molecular flexibility index (Phi) is 5.53. The van der Waals surface area contributed by atoms with E-state index < -0.39 is 22.2 Å². The van der Waals surface area contributed by atoms with E-state index in [1.54, 1.807) is 24.2 Å². The quantitative estimate of drug-likeness (QED) is 0.457. The highest BCUT2D eigenvalue weighted by Gasteiger charge is 2.75. The standard InChI is InChI=1S/C33H33NO4/c1-22-12-15-24(16-13-22)32-19-18-31(2,25-9-5-6-10-26(25)32)33(30(36)37)21-34(20-28(32)33)29(35)17-14-23-8-4-7-11-27(23)38-3/h4-17,28H,18-21H2,1-3H3,(H,36,37)/b17-14+/t28?,31-,32-,33+/m1/s1. The Balaban J connectivity index is 1.48. The summed E-state index contributed by atoms with van der Waals surface area (Å²) in [5.74, 6) is -0.530. The van der Waals surface area contributed by atoms with Crippen LogP contribution in [0.4, 0.5) is 0 Å². The third-order valence-corrected chi connectivity index (χ3v) is 9.84. The van der Waals surface area contributed by atoms with Crippen molar-refractivity contribution in [3.05, 3.63) is 107 Å². The fourth-order valence-corrected chi connectivity index (χ4v) is 7.93. The van der Waals surface area contributed by atoms with E-state index >= 15 is 0 Å². The number of carbonyl (C=O) groups excluding carboxylic acids is 1. The van der Waals surface area contributed by atoms with Crippen LogP contribution >= 0.6 is 0 Å². The van der Waals surface area contributed by atoms with Gasteiger partial charge >= 0.3 is 5.97 Å². The summed E-state index contributed by atoms with van der Waals surface area (Å²) in [6.07, 6.45) is 4.94. The molecule has 0 radical (unpaired) electrons. The van der Waals surface area contributed by atoms with Crippen LogP contribution < -0.4 is 4.74 Å². The lowest BCUT2D eigenvalue weighted by atomic mass is 9.37. The molecule has 3 aliphatic carbocycles. The minimum absolute atomic E-state index is 0.169. The predicted octanol–water partition coefficient (Wildman–Crippen LogP) is 5.60. The van der Waals surface area contributed by atoms with Gasteiger partial charge in [-0.1, -0.05) is 79.2 Å². The second-order valence-electron chi connectivity index (χ2n) is 11.3. The molecule has 3 aromatic rings. The van der Waals surface area contributed by atoms with Crippen molar-refractivity contribution in [1.29, 1.82) is 0 Å². The third-order valence-electron chi connectivity index (χ3n) is 9.84. The largest absolute Gasteiger partial charge is 0.496 e. The second-order valence-corrected chi connectivity index (χ2v) is 11.3. The molecule has 194 valence electrons. The number of aliphatic carboxylic acids is 1. The van der Waals surface area contributed by atoms with Crippen LogP contribution in [-0.2, 0) is 20.4 Å². The molecule has 0 spiro atoms. The Morgan fingerprint density at radius 1 is 0.974 bits per heavy atom. The van der Waals surface area contributed by atoms with Crippen LogP contribution in [0.5, 0.6) is 5.75 Å².